The van der Waals surface area contributed by atoms with Gasteiger partial charge < -0.3 is 14.2 Å². The van der Waals surface area contributed by atoms with Gasteiger partial charge in [0.05, 0.1) is 0 Å². The number of carbonyl (C=O) groups is 3. The quantitative estimate of drug-likeness (QED) is 0.0202. The van der Waals surface area contributed by atoms with Gasteiger partial charge in [-0.1, -0.05) is 182 Å². The summed E-state index contributed by atoms with van der Waals surface area (Å²) in [4.78, 5) is 37.7. The summed E-state index contributed by atoms with van der Waals surface area (Å²) in [6.07, 6.45) is 59.7. The van der Waals surface area contributed by atoms with Crippen molar-refractivity contribution in [2.45, 2.75) is 200 Å². The maximum atomic E-state index is 12.7. The smallest absolute Gasteiger partial charge is 0.306 e. The minimum absolute atomic E-state index is 0.117. The molecule has 0 N–H and O–H groups in total. The topological polar surface area (TPSA) is 78.9 Å². The predicted molar refractivity (Wildman–Crippen MR) is 247 cm³/mol. The first kappa shape index (κ1) is 54.3. The fourth-order valence-electron chi connectivity index (χ4n) is 5.86. The van der Waals surface area contributed by atoms with Crippen molar-refractivity contribution in [1.29, 1.82) is 0 Å². The van der Waals surface area contributed by atoms with Gasteiger partial charge in [0.1, 0.15) is 13.2 Å². The maximum Gasteiger partial charge on any atom is 0.306 e. The average molecular weight is 805 g/mol. The fourth-order valence-corrected chi connectivity index (χ4v) is 5.86. The average Bonchev–Trinajstić information content (AvgIpc) is 3.22. The van der Waals surface area contributed by atoms with Crippen LogP contribution in [0.4, 0.5) is 0 Å². The summed E-state index contributed by atoms with van der Waals surface area (Å²) in [5, 5.41) is 0. The molecule has 0 aromatic rings. The molecule has 0 spiro atoms. The Morgan fingerprint density at radius 1 is 0.379 bits per heavy atom. The van der Waals surface area contributed by atoms with Gasteiger partial charge in [0.25, 0.3) is 0 Å². The molecule has 0 radical (unpaired) electrons. The molecule has 0 amide bonds. The van der Waals surface area contributed by atoms with Gasteiger partial charge in [0.2, 0.25) is 0 Å². The van der Waals surface area contributed by atoms with Crippen LogP contribution in [0, 0.1) is 0 Å². The first-order chi connectivity index (χ1) is 28.5. The largest absolute Gasteiger partial charge is 0.462 e. The Bertz CT molecular complexity index is 1200. The number of ether oxygens (including phenoxy) is 3. The summed E-state index contributed by atoms with van der Waals surface area (Å²) in [7, 11) is 0. The number of unbranched alkanes of at least 4 members (excludes halogenated alkanes) is 16. The van der Waals surface area contributed by atoms with E-state index in [0.29, 0.717) is 19.3 Å². The highest BCUT2D eigenvalue weighted by Crippen LogP contribution is 2.11. The van der Waals surface area contributed by atoms with Crippen molar-refractivity contribution in [3.05, 3.63) is 97.2 Å². The van der Waals surface area contributed by atoms with E-state index in [1.807, 2.05) is 36.5 Å². The Hall–Kier alpha value is -3.67. The monoisotopic (exact) mass is 805 g/mol. The fraction of sp³-hybridized carbons (Fsp3) is 0.635. The van der Waals surface area contributed by atoms with Gasteiger partial charge >= 0.3 is 17.9 Å². The Labute approximate surface area is 356 Å². The van der Waals surface area contributed by atoms with Crippen LogP contribution in [0.1, 0.15) is 194 Å². The first-order valence-corrected chi connectivity index (χ1v) is 23.3. The summed E-state index contributed by atoms with van der Waals surface area (Å²) >= 11 is 0. The molecule has 0 aliphatic rings. The Kier molecular flexibility index (Phi) is 43.1. The first-order valence-electron chi connectivity index (χ1n) is 23.3. The molecule has 58 heavy (non-hydrogen) atoms. The molecule has 0 aliphatic carbocycles. The van der Waals surface area contributed by atoms with Crippen LogP contribution in [0.15, 0.2) is 97.2 Å². The zero-order chi connectivity index (χ0) is 42.3. The standard InChI is InChI=1S/C52H84O6/c1-4-7-10-13-16-19-22-24-25-26-27-29-30-33-36-39-42-45-51(54)57-48-49(47-56-50(53)44-41-38-35-32-21-18-15-12-9-6-3)58-52(55)46-43-40-37-34-31-28-23-20-17-14-11-8-5-2/h8,11,14-15,17-18,20,23-25,27-29,31,33,36,49H,4-7,9-10,12-13,16,19,21-22,26,30,32,34-35,37-48H2,1-3H3/b11-8-,17-14-,18-15-,23-20-,25-24-,29-27-,31-28-,36-33-. The summed E-state index contributed by atoms with van der Waals surface area (Å²) < 4.78 is 16.6. The van der Waals surface area contributed by atoms with Crippen LogP contribution in [-0.4, -0.2) is 37.2 Å². The van der Waals surface area contributed by atoms with Crippen molar-refractivity contribution in [3.63, 3.8) is 0 Å². The molecule has 1 unspecified atom stereocenters. The Morgan fingerprint density at radius 2 is 0.776 bits per heavy atom. The minimum Gasteiger partial charge on any atom is -0.462 e. The normalized spacial score (nSPS) is 12.9. The number of allylic oxidation sites excluding steroid dienone is 16. The van der Waals surface area contributed by atoms with Gasteiger partial charge in [-0.3, -0.25) is 14.4 Å². The molecule has 1 atom stereocenters. The third-order valence-corrected chi connectivity index (χ3v) is 9.39. The van der Waals surface area contributed by atoms with Gasteiger partial charge in [0.15, 0.2) is 6.10 Å². The number of carbonyl (C=O) groups excluding carboxylic acids is 3. The van der Waals surface area contributed by atoms with E-state index >= 15 is 0 Å². The number of esters is 3. The van der Waals surface area contributed by atoms with E-state index < -0.39 is 6.10 Å². The molecule has 328 valence electrons. The molecule has 0 aliphatic heterocycles. The van der Waals surface area contributed by atoms with Crippen LogP contribution in [0.2, 0.25) is 0 Å². The molecule has 0 aromatic carbocycles. The van der Waals surface area contributed by atoms with Gasteiger partial charge in [-0.05, 0) is 89.9 Å². The molecule has 6 nitrogen and oxygen atoms in total. The van der Waals surface area contributed by atoms with Gasteiger partial charge in [-0.2, -0.15) is 0 Å². The van der Waals surface area contributed by atoms with Gasteiger partial charge in [0, 0.05) is 19.3 Å². The molecule has 0 saturated heterocycles. The number of hydrogen-bond acceptors (Lipinski definition) is 6. The minimum atomic E-state index is -0.821. The van der Waals surface area contributed by atoms with Crippen molar-refractivity contribution >= 4 is 17.9 Å². The van der Waals surface area contributed by atoms with E-state index in [9.17, 15) is 14.4 Å². The van der Waals surface area contributed by atoms with Gasteiger partial charge in [-0.15, -0.1) is 0 Å². The SMILES string of the molecule is CC\C=C/C=C\C=C/C=C\CCCCCC(=O)OC(COC(=O)CCC/C=C\C/C=C\C/C=C\CCCCCCCC)COC(=O)CCCCCC/C=C\CCCC. The zero-order valence-corrected chi connectivity index (χ0v) is 37.3. The maximum absolute atomic E-state index is 12.7. The zero-order valence-electron chi connectivity index (χ0n) is 37.3. The van der Waals surface area contributed by atoms with Crippen LogP contribution < -0.4 is 0 Å². The molecule has 0 aromatic heterocycles. The molecule has 0 fully saturated rings. The third kappa shape index (κ3) is 43.5. The second-order valence-corrected chi connectivity index (χ2v) is 15.0. The summed E-state index contributed by atoms with van der Waals surface area (Å²) in [6, 6.07) is 0. The molecule has 0 saturated carbocycles. The highest BCUT2D eigenvalue weighted by molar-refractivity contribution is 5.71. The highest BCUT2D eigenvalue weighted by Gasteiger charge is 2.19. The summed E-state index contributed by atoms with van der Waals surface area (Å²) in [6.45, 7) is 6.33. The van der Waals surface area contributed by atoms with Crippen molar-refractivity contribution in [1.82, 2.24) is 0 Å². The second-order valence-electron chi connectivity index (χ2n) is 15.0. The van der Waals surface area contributed by atoms with Gasteiger partial charge in [-0.25, -0.2) is 0 Å². The van der Waals surface area contributed by atoms with Crippen LogP contribution in [0.5, 0.6) is 0 Å². The predicted octanol–water partition coefficient (Wildman–Crippen LogP) is 15.0. The summed E-state index contributed by atoms with van der Waals surface area (Å²) in [5.74, 6) is -1.03. The van der Waals surface area contributed by atoms with E-state index in [1.54, 1.807) is 0 Å². The van der Waals surface area contributed by atoms with E-state index in [4.69, 9.17) is 14.2 Å². The van der Waals surface area contributed by atoms with Crippen LogP contribution in [0.3, 0.4) is 0 Å². The summed E-state index contributed by atoms with van der Waals surface area (Å²) in [5.41, 5.74) is 0. The third-order valence-electron chi connectivity index (χ3n) is 9.39. The molecular formula is C52H84O6. The molecule has 0 bridgehead atoms. The second kappa shape index (κ2) is 46.0. The van der Waals surface area contributed by atoms with Crippen molar-refractivity contribution in [3.8, 4) is 0 Å². The molecule has 6 heteroatoms. The lowest BCUT2D eigenvalue weighted by molar-refractivity contribution is -0.167. The van der Waals surface area contributed by atoms with E-state index in [-0.39, 0.29) is 44.0 Å². The van der Waals surface area contributed by atoms with Crippen molar-refractivity contribution in [2.24, 2.45) is 0 Å². The number of rotatable bonds is 40. The van der Waals surface area contributed by atoms with Crippen LogP contribution >= 0.6 is 0 Å². The van der Waals surface area contributed by atoms with E-state index in [1.165, 1.54) is 57.8 Å². The Balaban J connectivity index is 4.53. The van der Waals surface area contributed by atoms with Crippen molar-refractivity contribution in [2.75, 3.05) is 13.2 Å². The number of hydrogen-bond donors (Lipinski definition) is 0. The molecule has 0 rings (SSSR count). The lowest BCUT2D eigenvalue weighted by Gasteiger charge is -2.18. The van der Waals surface area contributed by atoms with Crippen LogP contribution in [-0.2, 0) is 28.6 Å². The van der Waals surface area contributed by atoms with E-state index in [2.05, 4.69) is 81.5 Å². The lowest BCUT2D eigenvalue weighted by Crippen LogP contribution is -2.30. The molecule has 0 heterocycles. The highest BCUT2D eigenvalue weighted by atomic mass is 16.6. The van der Waals surface area contributed by atoms with Crippen molar-refractivity contribution < 1.29 is 28.6 Å². The molecular weight excluding hydrogens is 721 g/mol. The lowest BCUT2D eigenvalue weighted by atomic mass is 10.1. The van der Waals surface area contributed by atoms with E-state index in [0.717, 1.165) is 83.5 Å². The van der Waals surface area contributed by atoms with Crippen LogP contribution in [0.25, 0.3) is 0 Å². The Morgan fingerprint density at radius 3 is 1.36 bits per heavy atom.